The van der Waals surface area contributed by atoms with Crippen molar-refractivity contribution >= 4 is 45.8 Å². The van der Waals surface area contributed by atoms with E-state index in [4.69, 9.17) is 27.9 Å². The number of fused-ring (bicyclic) bond motifs is 1. The number of ether oxygens (including phenoxy) is 1. The Bertz CT molecular complexity index is 1350. The number of rotatable bonds is 6. The maximum Gasteiger partial charge on any atom is 0.341 e. The zero-order valence-corrected chi connectivity index (χ0v) is 20.8. The van der Waals surface area contributed by atoms with Gasteiger partial charge in [-0.25, -0.2) is 9.78 Å². The van der Waals surface area contributed by atoms with Crippen molar-refractivity contribution in [3.05, 3.63) is 62.5 Å². The molecule has 35 heavy (non-hydrogen) atoms. The van der Waals surface area contributed by atoms with E-state index < -0.39 is 11.4 Å². The minimum atomic E-state index is -1.23. The molecule has 0 saturated carbocycles. The lowest BCUT2D eigenvalue weighted by atomic mass is 10.1. The molecule has 2 aromatic heterocycles. The SMILES string of the molecule is CN1CCC(n2cc(C(=O)O)c(=O)c3cc(Cl)c(N4CCC[C@@H]4COc4ncccc4Cl)cc32)C1. The van der Waals surface area contributed by atoms with E-state index in [1.165, 1.54) is 6.20 Å². The zero-order valence-electron chi connectivity index (χ0n) is 19.3. The van der Waals surface area contributed by atoms with Crippen molar-refractivity contribution in [3.8, 4) is 5.88 Å². The minimum absolute atomic E-state index is 0.0547. The topological polar surface area (TPSA) is 87.9 Å². The molecule has 184 valence electrons. The number of carboxylic acids is 1. The van der Waals surface area contributed by atoms with Gasteiger partial charge in [0.1, 0.15) is 17.2 Å². The van der Waals surface area contributed by atoms with Gasteiger partial charge in [-0.05, 0) is 57.1 Å². The number of carboxylic acid groups (broad SMARTS) is 1. The summed E-state index contributed by atoms with van der Waals surface area (Å²) in [7, 11) is 2.04. The van der Waals surface area contributed by atoms with Gasteiger partial charge in [-0.3, -0.25) is 4.79 Å². The number of pyridine rings is 2. The van der Waals surface area contributed by atoms with Gasteiger partial charge < -0.3 is 24.2 Å². The third-order valence-corrected chi connectivity index (χ3v) is 7.51. The van der Waals surface area contributed by atoms with Crippen molar-refractivity contribution in [1.29, 1.82) is 0 Å². The highest BCUT2D eigenvalue weighted by atomic mass is 35.5. The van der Waals surface area contributed by atoms with E-state index in [0.29, 0.717) is 33.4 Å². The molecule has 1 unspecified atom stereocenters. The van der Waals surface area contributed by atoms with Crippen molar-refractivity contribution in [3.63, 3.8) is 0 Å². The molecule has 0 aliphatic carbocycles. The van der Waals surface area contributed by atoms with E-state index in [-0.39, 0.29) is 17.6 Å². The summed E-state index contributed by atoms with van der Waals surface area (Å²) in [5, 5.41) is 10.8. The highest BCUT2D eigenvalue weighted by Gasteiger charge is 2.30. The maximum atomic E-state index is 13.0. The first-order valence-electron chi connectivity index (χ1n) is 11.6. The minimum Gasteiger partial charge on any atom is -0.477 e. The number of likely N-dealkylation sites (N-methyl/N-ethyl adjacent to an activating group) is 1. The van der Waals surface area contributed by atoms with Gasteiger partial charge in [0, 0.05) is 36.9 Å². The molecule has 0 amide bonds. The molecule has 1 aromatic carbocycles. The van der Waals surface area contributed by atoms with E-state index in [1.807, 2.05) is 17.7 Å². The van der Waals surface area contributed by atoms with Crippen LogP contribution in [0, 0.1) is 0 Å². The number of halogens is 2. The van der Waals surface area contributed by atoms with Crippen LogP contribution in [-0.2, 0) is 0 Å². The molecular weight excluding hydrogens is 491 g/mol. The number of aromatic carboxylic acids is 1. The lowest BCUT2D eigenvalue weighted by Crippen LogP contribution is -2.34. The van der Waals surface area contributed by atoms with Crippen LogP contribution in [0.2, 0.25) is 10.0 Å². The monoisotopic (exact) mass is 516 g/mol. The van der Waals surface area contributed by atoms with Crippen molar-refractivity contribution in [1.82, 2.24) is 14.5 Å². The van der Waals surface area contributed by atoms with Crippen LogP contribution in [-0.4, -0.2) is 64.9 Å². The fourth-order valence-electron chi connectivity index (χ4n) is 5.15. The molecule has 2 fully saturated rings. The smallest absolute Gasteiger partial charge is 0.341 e. The molecule has 10 heteroatoms. The van der Waals surface area contributed by atoms with Crippen LogP contribution < -0.4 is 15.1 Å². The second-order valence-corrected chi connectivity index (χ2v) is 10.0. The third kappa shape index (κ3) is 4.58. The highest BCUT2D eigenvalue weighted by molar-refractivity contribution is 6.34. The molecule has 2 atom stereocenters. The molecule has 2 aliphatic rings. The molecule has 2 aliphatic heterocycles. The Morgan fingerprint density at radius 2 is 2.06 bits per heavy atom. The molecule has 2 saturated heterocycles. The fourth-order valence-corrected chi connectivity index (χ4v) is 5.60. The molecule has 0 bridgehead atoms. The van der Waals surface area contributed by atoms with Crippen LogP contribution in [0.15, 0.2) is 41.5 Å². The first-order chi connectivity index (χ1) is 16.8. The summed E-state index contributed by atoms with van der Waals surface area (Å²) < 4.78 is 7.87. The van der Waals surface area contributed by atoms with E-state index in [2.05, 4.69) is 14.8 Å². The van der Waals surface area contributed by atoms with Crippen molar-refractivity contribution < 1.29 is 14.6 Å². The Labute approximate surface area is 212 Å². The van der Waals surface area contributed by atoms with E-state index >= 15 is 0 Å². The summed E-state index contributed by atoms with van der Waals surface area (Å²) in [5.74, 6) is -0.840. The molecule has 5 rings (SSSR count). The number of likely N-dealkylation sites (tertiary alicyclic amines) is 1. The van der Waals surface area contributed by atoms with Crippen LogP contribution in [0.4, 0.5) is 5.69 Å². The van der Waals surface area contributed by atoms with E-state index in [0.717, 1.165) is 44.6 Å². The Balaban J connectivity index is 1.54. The summed E-state index contributed by atoms with van der Waals surface area (Å²) in [5.41, 5.74) is 0.740. The van der Waals surface area contributed by atoms with Gasteiger partial charge in [-0.1, -0.05) is 23.2 Å². The number of anilines is 1. The number of hydrogen-bond acceptors (Lipinski definition) is 6. The summed E-state index contributed by atoms with van der Waals surface area (Å²) in [6.07, 6.45) is 5.88. The number of benzene rings is 1. The standard InChI is InChI=1S/C25H26Cl2N4O4/c1-29-9-6-15(12-29)31-13-18(25(33)34)23(32)17-10-20(27)22(11-21(17)31)30-8-3-4-16(30)14-35-24-19(26)5-2-7-28-24/h2,5,7,10-11,13,15-16H,3-4,6,8-9,12,14H2,1H3,(H,33,34)/t15?,16-/m1/s1. The Kier molecular flexibility index (Phi) is 6.61. The number of carbonyl (C=O) groups is 1. The van der Waals surface area contributed by atoms with Crippen molar-refractivity contribution in [2.75, 3.05) is 38.2 Å². The Hall–Kier alpha value is -2.81. The van der Waals surface area contributed by atoms with Gasteiger partial charge >= 0.3 is 5.97 Å². The molecular formula is C25H26Cl2N4O4. The molecule has 4 heterocycles. The molecule has 8 nitrogen and oxygen atoms in total. The van der Waals surface area contributed by atoms with E-state index in [1.54, 1.807) is 24.4 Å². The largest absolute Gasteiger partial charge is 0.477 e. The number of hydrogen-bond donors (Lipinski definition) is 1. The van der Waals surface area contributed by atoms with Gasteiger partial charge in [0.2, 0.25) is 11.3 Å². The second-order valence-electron chi connectivity index (χ2n) is 9.20. The maximum absolute atomic E-state index is 13.0. The van der Waals surface area contributed by atoms with Gasteiger partial charge in [0.25, 0.3) is 0 Å². The first kappa shape index (κ1) is 23.9. The molecule has 0 radical (unpaired) electrons. The fraction of sp³-hybridized carbons (Fsp3) is 0.400. The van der Waals surface area contributed by atoms with Crippen molar-refractivity contribution in [2.45, 2.75) is 31.3 Å². The highest BCUT2D eigenvalue weighted by Crippen LogP contribution is 2.36. The second kappa shape index (κ2) is 9.68. The predicted octanol–water partition coefficient (Wildman–Crippen LogP) is 4.33. The summed E-state index contributed by atoms with van der Waals surface area (Å²) in [6.45, 7) is 2.87. The van der Waals surface area contributed by atoms with E-state index in [9.17, 15) is 14.7 Å². The molecule has 0 spiro atoms. The Morgan fingerprint density at radius 1 is 1.23 bits per heavy atom. The van der Waals surface area contributed by atoms with Gasteiger partial charge in [0.15, 0.2) is 0 Å². The summed E-state index contributed by atoms with van der Waals surface area (Å²) in [6, 6.07) is 7.15. The van der Waals surface area contributed by atoms with Crippen molar-refractivity contribution in [2.24, 2.45) is 0 Å². The average molecular weight is 517 g/mol. The Morgan fingerprint density at radius 3 is 2.77 bits per heavy atom. The first-order valence-corrected chi connectivity index (χ1v) is 12.4. The quantitative estimate of drug-likeness (QED) is 0.521. The summed E-state index contributed by atoms with van der Waals surface area (Å²) >= 11 is 12.9. The van der Waals surface area contributed by atoms with Crippen LogP contribution in [0.3, 0.4) is 0 Å². The summed E-state index contributed by atoms with van der Waals surface area (Å²) in [4.78, 5) is 33.4. The van der Waals surface area contributed by atoms with Gasteiger partial charge in [0.05, 0.1) is 22.3 Å². The molecule has 1 N–H and O–H groups in total. The lowest BCUT2D eigenvalue weighted by Gasteiger charge is -2.29. The number of nitrogens with zero attached hydrogens (tertiary/aromatic N) is 4. The third-order valence-electron chi connectivity index (χ3n) is 6.91. The van der Waals surface area contributed by atoms with Gasteiger partial charge in [-0.15, -0.1) is 0 Å². The number of aromatic nitrogens is 2. The lowest BCUT2D eigenvalue weighted by molar-refractivity contribution is 0.0694. The van der Waals surface area contributed by atoms with Crippen LogP contribution in [0.5, 0.6) is 5.88 Å². The van der Waals surface area contributed by atoms with Crippen LogP contribution >= 0.6 is 23.2 Å². The predicted molar refractivity (Wildman–Crippen MR) is 136 cm³/mol. The average Bonchev–Trinajstić information content (AvgIpc) is 3.47. The van der Waals surface area contributed by atoms with Crippen LogP contribution in [0.25, 0.3) is 10.9 Å². The zero-order chi connectivity index (χ0) is 24.7. The van der Waals surface area contributed by atoms with Gasteiger partial charge in [-0.2, -0.15) is 0 Å². The normalized spacial score (nSPS) is 20.6. The van der Waals surface area contributed by atoms with Crippen LogP contribution in [0.1, 0.15) is 35.7 Å². The molecule has 3 aromatic rings.